The summed E-state index contributed by atoms with van der Waals surface area (Å²) in [6.07, 6.45) is 3.00. The number of hydrogen-bond donors (Lipinski definition) is 4. The number of pyridine rings is 1. The standard InChI is InChI=1S/C20H20FN5.C6H8O7/c21-18-3-1-2-4-19(18)26-13-11-25(12-14-26)15-17-7-10-23-20(24-17)16-5-8-22-9-6-16;7-3(8)1-6(13,5(11)12)2-4(9)10/h1-10H,11-15H2;13H,1-2H2,(H,7,8)(H,9,10)(H,11,12). The van der Waals surface area contributed by atoms with Gasteiger partial charge < -0.3 is 25.3 Å². The van der Waals surface area contributed by atoms with Gasteiger partial charge in [-0.05, 0) is 30.3 Å². The molecule has 12 nitrogen and oxygen atoms in total. The zero-order chi connectivity index (χ0) is 28.4. The Kier molecular flexibility index (Phi) is 9.95. The number of nitrogens with zero attached hydrogens (tertiary/aromatic N) is 5. The van der Waals surface area contributed by atoms with E-state index in [0.29, 0.717) is 5.69 Å². The van der Waals surface area contributed by atoms with E-state index in [2.05, 4.69) is 24.8 Å². The van der Waals surface area contributed by atoms with E-state index < -0.39 is 36.4 Å². The van der Waals surface area contributed by atoms with Crippen LogP contribution >= 0.6 is 0 Å². The van der Waals surface area contributed by atoms with Crippen molar-refractivity contribution in [2.75, 3.05) is 31.1 Å². The number of aliphatic hydroxyl groups is 1. The molecule has 0 atom stereocenters. The third-order valence-electron chi connectivity index (χ3n) is 5.89. The lowest BCUT2D eigenvalue weighted by molar-refractivity contribution is -0.170. The molecule has 206 valence electrons. The molecule has 3 aromatic rings. The number of aliphatic carboxylic acids is 3. The number of para-hydroxylation sites is 1. The van der Waals surface area contributed by atoms with Crippen molar-refractivity contribution >= 4 is 23.6 Å². The van der Waals surface area contributed by atoms with Crippen LogP contribution in [0.15, 0.2) is 61.1 Å². The topological polar surface area (TPSA) is 177 Å². The molecule has 4 rings (SSSR count). The molecule has 0 spiro atoms. The first-order chi connectivity index (χ1) is 18.6. The Morgan fingerprint density at radius 1 is 0.872 bits per heavy atom. The second-order valence-corrected chi connectivity index (χ2v) is 8.80. The smallest absolute Gasteiger partial charge is 0.336 e. The quantitative estimate of drug-likeness (QED) is 0.309. The highest BCUT2D eigenvalue weighted by atomic mass is 19.1. The van der Waals surface area contributed by atoms with Crippen molar-refractivity contribution in [2.24, 2.45) is 0 Å². The molecule has 0 unspecified atom stereocenters. The van der Waals surface area contributed by atoms with Crippen molar-refractivity contribution in [3.05, 3.63) is 72.6 Å². The number of anilines is 1. The Hall–Kier alpha value is -4.49. The maximum atomic E-state index is 13.9. The van der Waals surface area contributed by atoms with E-state index >= 15 is 0 Å². The van der Waals surface area contributed by atoms with Crippen molar-refractivity contribution in [1.82, 2.24) is 19.9 Å². The summed E-state index contributed by atoms with van der Waals surface area (Å²) in [5, 5.41) is 33.8. The van der Waals surface area contributed by atoms with Gasteiger partial charge in [-0.2, -0.15) is 0 Å². The Morgan fingerprint density at radius 3 is 2.05 bits per heavy atom. The number of carboxylic acid groups (broad SMARTS) is 3. The second kappa shape index (κ2) is 13.3. The number of rotatable bonds is 9. The molecule has 2 aromatic heterocycles. The molecular weight excluding hydrogens is 513 g/mol. The first-order valence-corrected chi connectivity index (χ1v) is 11.9. The van der Waals surface area contributed by atoms with Crippen LogP contribution in [0.2, 0.25) is 0 Å². The van der Waals surface area contributed by atoms with Crippen molar-refractivity contribution < 1.29 is 39.2 Å². The first-order valence-electron chi connectivity index (χ1n) is 11.9. The van der Waals surface area contributed by atoms with E-state index in [9.17, 15) is 18.8 Å². The maximum absolute atomic E-state index is 13.9. The van der Waals surface area contributed by atoms with Crippen LogP contribution in [0.5, 0.6) is 0 Å². The molecular formula is C26H28FN5O7. The van der Waals surface area contributed by atoms with Crippen LogP contribution in [0.1, 0.15) is 18.5 Å². The van der Waals surface area contributed by atoms with E-state index in [1.165, 1.54) is 6.07 Å². The van der Waals surface area contributed by atoms with E-state index in [1.807, 2.05) is 30.3 Å². The Bertz CT molecular complexity index is 1270. The minimum atomic E-state index is -2.74. The van der Waals surface area contributed by atoms with Crippen molar-refractivity contribution in [3.8, 4) is 11.4 Å². The predicted molar refractivity (Wildman–Crippen MR) is 136 cm³/mol. The van der Waals surface area contributed by atoms with Gasteiger partial charge in [0.25, 0.3) is 0 Å². The molecule has 0 amide bonds. The summed E-state index contributed by atoms with van der Waals surface area (Å²) in [5.41, 5.74) is -0.0935. The van der Waals surface area contributed by atoms with Gasteiger partial charge in [-0.1, -0.05) is 12.1 Å². The molecule has 39 heavy (non-hydrogen) atoms. The third-order valence-corrected chi connectivity index (χ3v) is 5.89. The monoisotopic (exact) mass is 541 g/mol. The molecule has 0 bridgehead atoms. The lowest BCUT2D eigenvalue weighted by Crippen LogP contribution is -2.46. The van der Waals surface area contributed by atoms with Crippen LogP contribution in [0, 0.1) is 5.82 Å². The van der Waals surface area contributed by atoms with Crippen molar-refractivity contribution in [1.29, 1.82) is 0 Å². The van der Waals surface area contributed by atoms with E-state index in [4.69, 9.17) is 20.4 Å². The van der Waals surface area contributed by atoms with Crippen LogP contribution in [-0.4, -0.2) is 90.0 Å². The number of carbonyl (C=O) groups is 3. The van der Waals surface area contributed by atoms with Gasteiger partial charge in [0.15, 0.2) is 11.4 Å². The highest BCUT2D eigenvalue weighted by molar-refractivity contribution is 5.88. The molecule has 1 aliphatic rings. The molecule has 4 N–H and O–H groups in total. The van der Waals surface area contributed by atoms with Gasteiger partial charge in [-0.25, -0.2) is 19.2 Å². The van der Waals surface area contributed by atoms with Crippen LogP contribution in [0.4, 0.5) is 10.1 Å². The van der Waals surface area contributed by atoms with Gasteiger partial charge in [0.05, 0.1) is 24.2 Å². The average molecular weight is 542 g/mol. The molecule has 0 radical (unpaired) electrons. The summed E-state index contributed by atoms with van der Waals surface area (Å²) in [6.45, 7) is 4.14. The first kappa shape index (κ1) is 29.1. The zero-order valence-electron chi connectivity index (χ0n) is 20.9. The zero-order valence-corrected chi connectivity index (χ0v) is 20.9. The highest BCUT2D eigenvalue weighted by Crippen LogP contribution is 2.21. The Labute approximate surface area is 223 Å². The lowest BCUT2D eigenvalue weighted by Gasteiger charge is -2.36. The van der Waals surface area contributed by atoms with Gasteiger partial charge in [-0.15, -0.1) is 0 Å². The van der Waals surface area contributed by atoms with Gasteiger partial charge in [0.2, 0.25) is 0 Å². The van der Waals surface area contributed by atoms with Crippen LogP contribution in [-0.2, 0) is 20.9 Å². The number of carboxylic acids is 3. The summed E-state index contributed by atoms with van der Waals surface area (Å²) in [7, 11) is 0. The molecule has 0 aliphatic carbocycles. The fraction of sp³-hybridized carbons (Fsp3) is 0.308. The number of aromatic nitrogens is 3. The van der Waals surface area contributed by atoms with E-state index in [0.717, 1.165) is 49.8 Å². The summed E-state index contributed by atoms with van der Waals surface area (Å²) in [4.78, 5) is 48.0. The van der Waals surface area contributed by atoms with Gasteiger partial charge in [-0.3, -0.25) is 19.5 Å². The molecule has 1 aliphatic heterocycles. The number of hydrogen-bond acceptors (Lipinski definition) is 9. The second-order valence-electron chi connectivity index (χ2n) is 8.80. The summed E-state index contributed by atoms with van der Waals surface area (Å²) >= 11 is 0. The lowest BCUT2D eigenvalue weighted by atomic mass is 9.96. The minimum absolute atomic E-state index is 0.154. The highest BCUT2D eigenvalue weighted by Gasteiger charge is 2.40. The third kappa shape index (κ3) is 8.51. The van der Waals surface area contributed by atoms with Crippen LogP contribution < -0.4 is 4.90 Å². The van der Waals surface area contributed by atoms with Crippen LogP contribution in [0.3, 0.4) is 0 Å². The SMILES string of the molecule is Fc1ccccc1N1CCN(Cc2ccnc(-c3ccncc3)n2)CC1.O=C(O)CC(O)(CC(=O)O)C(=O)O. The molecule has 3 heterocycles. The fourth-order valence-corrected chi connectivity index (χ4v) is 3.92. The largest absolute Gasteiger partial charge is 0.481 e. The van der Waals surface area contributed by atoms with Gasteiger partial charge in [0, 0.05) is 56.9 Å². The summed E-state index contributed by atoms with van der Waals surface area (Å²) in [5.74, 6) is -4.46. The Morgan fingerprint density at radius 2 is 1.49 bits per heavy atom. The van der Waals surface area contributed by atoms with Gasteiger partial charge >= 0.3 is 17.9 Å². The van der Waals surface area contributed by atoms with E-state index in [1.54, 1.807) is 24.7 Å². The normalized spacial score (nSPS) is 13.7. The van der Waals surface area contributed by atoms with Crippen molar-refractivity contribution in [2.45, 2.75) is 25.0 Å². The summed E-state index contributed by atoms with van der Waals surface area (Å²) in [6, 6.07) is 12.7. The Balaban J connectivity index is 0.000000276. The summed E-state index contributed by atoms with van der Waals surface area (Å²) < 4.78 is 13.9. The molecule has 1 saturated heterocycles. The number of halogens is 1. The minimum Gasteiger partial charge on any atom is -0.481 e. The maximum Gasteiger partial charge on any atom is 0.336 e. The van der Waals surface area contributed by atoms with Crippen molar-refractivity contribution in [3.63, 3.8) is 0 Å². The van der Waals surface area contributed by atoms with Crippen LogP contribution in [0.25, 0.3) is 11.4 Å². The molecule has 1 fully saturated rings. The number of piperazine rings is 1. The predicted octanol–water partition coefficient (Wildman–Crippen LogP) is 1.75. The molecule has 0 saturated carbocycles. The fourth-order valence-electron chi connectivity index (χ4n) is 3.92. The number of benzene rings is 1. The molecule has 13 heteroatoms. The average Bonchev–Trinajstić information content (AvgIpc) is 2.90. The van der Waals surface area contributed by atoms with Gasteiger partial charge in [0.1, 0.15) is 5.82 Å². The molecule has 1 aromatic carbocycles. The van der Waals surface area contributed by atoms with E-state index in [-0.39, 0.29) is 5.82 Å².